The van der Waals surface area contributed by atoms with Crippen LogP contribution in [0.4, 0.5) is 5.95 Å². The maximum Gasteiger partial charge on any atom is 0.261 e. The fourth-order valence-electron chi connectivity index (χ4n) is 0.404. The Labute approximate surface area is 53.9 Å². The molecule has 6 heteroatoms. The summed E-state index contributed by atoms with van der Waals surface area (Å²) in [7, 11) is 0. The molecule has 0 amide bonds. The highest BCUT2D eigenvalue weighted by molar-refractivity contribution is 7.80. The van der Waals surface area contributed by atoms with Crippen LogP contribution in [0.3, 0.4) is 0 Å². The lowest BCUT2D eigenvalue weighted by Gasteiger charge is -1.91. The molecule has 1 atom stereocenters. The third-order valence-electron chi connectivity index (χ3n) is 0.682. The average Bonchev–Trinajstić information content (AvgIpc) is 2.15. The number of hydrogen-bond acceptors (Lipinski definition) is 2. The van der Waals surface area contributed by atoms with Crippen molar-refractivity contribution in [1.82, 2.24) is 9.97 Å². The van der Waals surface area contributed by atoms with Crippen LogP contribution in [0, 0.1) is 0 Å². The van der Waals surface area contributed by atoms with Gasteiger partial charge in [0, 0.05) is 12.4 Å². The number of H-pyrrole nitrogens is 1. The van der Waals surface area contributed by atoms with Crippen LogP contribution >= 0.6 is 0 Å². The zero-order valence-electron chi connectivity index (χ0n) is 4.37. The first kappa shape index (κ1) is 6.24. The summed E-state index contributed by atoms with van der Waals surface area (Å²) < 4.78 is 20.4. The third kappa shape index (κ3) is 1.82. The molecule has 0 aromatic carbocycles. The molecule has 1 aromatic rings. The van der Waals surface area contributed by atoms with Crippen molar-refractivity contribution in [1.29, 1.82) is 0 Å². The topological polar surface area (TPSA) is 78.0 Å². The zero-order chi connectivity index (χ0) is 6.69. The summed E-state index contributed by atoms with van der Waals surface area (Å²) >= 11 is -2.04. The van der Waals surface area contributed by atoms with Gasteiger partial charge in [-0.05, 0) is 0 Å². The molecule has 50 valence electrons. The van der Waals surface area contributed by atoms with E-state index in [0.29, 0.717) is 0 Å². The van der Waals surface area contributed by atoms with Gasteiger partial charge in [0.25, 0.3) is 11.3 Å². The van der Waals surface area contributed by atoms with Gasteiger partial charge in [-0.3, -0.25) is 9.27 Å². The molecular formula is C3H5N3O2S. The predicted molar refractivity (Wildman–Crippen MR) is 33.0 cm³/mol. The van der Waals surface area contributed by atoms with Crippen molar-refractivity contribution in [3.8, 4) is 0 Å². The van der Waals surface area contributed by atoms with Crippen molar-refractivity contribution < 1.29 is 8.76 Å². The normalized spacial score (nSPS) is 13.0. The summed E-state index contributed by atoms with van der Waals surface area (Å²) in [6.07, 6.45) is 3.03. The standard InChI is InChI=1S/C3H5N3O2S/c7-9(8)6-3-4-1-2-5-3/h1-2H,(H,7,8)(H2,4,5,6). The zero-order valence-corrected chi connectivity index (χ0v) is 5.18. The number of nitrogens with zero attached hydrogens (tertiary/aromatic N) is 1. The first-order valence-corrected chi connectivity index (χ1v) is 3.26. The fraction of sp³-hybridized carbons (Fsp3) is 0. The lowest BCUT2D eigenvalue weighted by atomic mass is 11.0. The number of nitrogens with one attached hydrogen (secondary N) is 2. The number of hydrogen-bond donors (Lipinski definition) is 3. The Hall–Kier alpha value is -0.880. The molecule has 0 radical (unpaired) electrons. The van der Waals surface area contributed by atoms with E-state index in [9.17, 15) is 4.21 Å². The molecule has 1 rings (SSSR count). The van der Waals surface area contributed by atoms with E-state index < -0.39 is 11.3 Å². The molecule has 0 bridgehead atoms. The van der Waals surface area contributed by atoms with Gasteiger partial charge in [0.15, 0.2) is 0 Å². The van der Waals surface area contributed by atoms with Crippen molar-refractivity contribution in [2.45, 2.75) is 0 Å². The third-order valence-corrected chi connectivity index (χ3v) is 1.05. The van der Waals surface area contributed by atoms with Crippen LogP contribution in [0.15, 0.2) is 12.4 Å². The van der Waals surface area contributed by atoms with Gasteiger partial charge in [-0.1, -0.05) is 0 Å². The van der Waals surface area contributed by atoms with E-state index in [2.05, 4.69) is 14.7 Å². The van der Waals surface area contributed by atoms with Crippen LogP contribution < -0.4 is 4.72 Å². The average molecular weight is 147 g/mol. The Morgan fingerprint density at radius 1 is 1.89 bits per heavy atom. The molecule has 9 heavy (non-hydrogen) atoms. The molecular weight excluding hydrogens is 142 g/mol. The first-order valence-electron chi connectivity index (χ1n) is 2.16. The minimum absolute atomic E-state index is 0.288. The summed E-state index contributed by atoms with van der Waals surface area (Å²) in [5.74, 6) is 0.288. The van der Waals surface area contributed by atoms with Gasteiger partial charge in [0.1, 0.15) is 0 Å². The number of aromatic nitrogens is 2. The largest absolute Gasteiger partial charge is 0.330 e. The lowest BCUT2D eigenvalue weighted by Crippen LogP contribution is -2.02. The van der Waals surface area contributed by atoms with Crippen LogP contribution in [0.25, 0.3) is 0 Å². The summed E-state index contributed by atoms with van der Waals surface area (Å²) in [6.45, 7) is 0. The number of anilines is 1. The van der Waals surface area contributed by atoms with Crippen molar-refractivity contribution in [3.63, 3.8) is 0 Å². The maximum atomic E-state index is 10.0. The van der Waals surface area contributed by atoms with E-state index in [0.717, 1.165) is 0 Å². The number of aromatic amines is 1. The van der Waals surface area contributed by atoms with Crippen molar-refractivity contribution >= 4 is 17.2 Å². The molecule has 0 spiro atoms. The van der Waals surface area contributed by atoms with Crippen LogP contribution in [0.5, 0.6) is 0 Å². The van der Waals surface area contributed by atoms with Crippen LogP contribution in [0.1, 0.15) is 0 Å². The number of rotatable bonds is 2. The Morgan fingerprint density at radius 3 is 3.11 bits per heavy atom. The maximum absolute atomic E-state index is 10.0. The van der Waals surface area contributed by atoms with E-state index in [-0.39, 0.29) is 5.95 Å². The van der Waals surface area contributed by atoms with Crippen LogP contribution in [-0.2, 0) is 11.3 Å². The molecule has 0 saturated heterocycles. The Bertz CT molecular complexity index is 197. The molecule has 1 aromatic heterocycles. The second kappa shape index (κ2) is 2.60. The van der Waals surface area contributed by atoms with E-state index in [1.807, 2.05) is 0 Å². The van der Waals surface area contributed by atoms with Gasteiger partial charge in [-0.15, -0.1) is 0 Å². The van der Waals surface area contributed by atoms with E-state index in [1.165, 1.54) is 6.20 Å². The summed E-state index contributed by atoms with van der Waals surface area (Å²) in [5.41, 5.74) is 0. The Balaban J connectivity index is 2.58. The lowest BCUT2D eigenvalue weighted by molar-refractivity contribution is 0.570. The molecule has 0 fully saturated rings. The van der Waals surface area contributed by atoms with Gasteiger partial charge < -0.3 is 4.98 Å². The molecule has 1 heterocycles. The van der Waals surface area contributed by atoms with E-state index in [4.69, 9.17) is 4.55 Å². The van der Waals surface area contributed by atoms with Gasteiger partial charge in [0.2, 0.25) is 5.95 Å². The van der Waals surface area contributed by atoms with Crippen LogP contribution in [0.2, 0.25) is 0 Å². The summed E-state index contributed by atoms with van der Waals surface area (Å²) in [5, 5.41) is 0. The molecule has 0 aliphatic heterocycles. The quantitative estimate of drug-likeness (QED) is 0.513. The van der Waals surface area contributed by atoms with Crippen molar-refractivity contribution in [3.05, 3.63) is 12.4 Å². The molecule has 0 aliphatic carbocycles. The Morgan fingerprint density at radius 2 is 2.67 bits per heavy atom. The first-order chi connectivity index (χ1) is 4.29. The highest BCUT2D eigenvalue weighted by atomic mass is 32.2. The fourth-order valence-corrected chi connectivity index (χ4v) is 0.681. The SMILES string of the molecule is O=S(O)Nc1ncc[nH]1. The second-order valence-corrected chi connectivity index (χ2v) is 1.99. The van der Waals surface area contributed by atoms with Gasteiger partial charge >= 0.3 is 0 Å². The molecule has 0 aliphatic rings. The molecule has 3 N–H and O–H groups in total. The van der Waals surface area contributed by atoms with Gasteiger partial charge in [-0.25, -0.2) is 9.19 Å². The van der Waals surface area contributed by atoms with E-state index >= 15 is 0 Å². The monoisotopic (exact) mass is 147 g/mol. The minimum atomic E-state index is -2.04. The summed E-state index contributed by atoms with van der Waals surface area (Å²) in [6, 6.07) is 0. The number of imidazole rings is 1. The predicted octanol–water partition coefficient (Wildman–Crippen LogP) is -0.0417. The minimum Gasteiger partial charge on any atom is -0.330 e. The second-order valence-electron chi connectivity index (χ2n) is 1.29. The smallest absolute Gasteiger partial charge is 0.261 e. The Kier molecular flexibility index (Phi) is 1.81. The molecule has 1 unspecified atom stereocenters. The molecule has 5 nitrogen and oxygen atoms in total. The summed E-state index contributed by atoms with van der Waals surface area (Å²) in [4.78, 5) is 6.23. The van der Waals surface area contributed by atoms with Crippen LogP contribution in [-0.4, -0.2) is 18.7 Å². The van der Waals surface area contributed by atoms with Gasteiger partial charge in [-0.2, -0.15) is 0 Å². The van der Waals surface area contributed by atoms with E-state index in [1.54, 1.807) is 6.20 Å². The highest BCUT2D eigenvalue weighted by Gasteiger charge is 1.93. The van der Waals surface area contributed by atoms with Crippen molar-refractivity contribution in [2.75, 3.05) is 4.72 Å². The van der Waals surface area contributed by atoms with Gasteiger partial charge in [0.05, 0.1) is 0 Å². The van der Waals surface area contributed by atoms with Crippen molar-refractivity contribution in [2.24, 2.45) is 0 Å². The highest BCUT2D eigenvalue weighted by Crippen LogP contribution is 1.93. The molecule has 0 saturated carbocycles.